The first kappa shape index (κ1) is 22.7. The Labute approximate surface area is 206 Å². The molecule has 0 bridgehead atoms. The normalized spacial score (nSPS) is 11.9. The minimum atomic E-state index is -3.29. The molecule has 5 rings (SSSR count). The van der Waals surface area contributed by atoms with Crippen LogP contribution in [-0.4, -0.2) is 4.98 Å². The van der Waals surface area contributed by atoms with Gasteiger partial charge in [-0.2, -0.15) is 8.78 Å². The van der Waals surface area contributed by atoms with Crippen molar-refractivity contribution in [2.24, 2.45) is 0 Å². The van der Waals surface area contributed by atoms with Gasteiger partial charge in [0.2, 0.25) is 0 Å². The maximum atomic E-state index is 15.2. The number of fused-ring (bicyclic) bond motifs is 3. The highest BCUT2D eigenvalue weighted by atomic mass is 79.9. The first-order chi connectivity index (χ1) is 16.5. The van der Waals surface area contributed by atoms with Crippen LogP contribution in [-0.2, 0) is 17.7 Å². The molecule has 0 spiro atoms. The minimum Gasteiger partial charge on any atom is -0.245 e. The Kier molecular flexibility index (Phi) is 5.95. The fourth-order valence-corrected chi connectivity index (χ4v) is 5.44. The predicted molar refractivity (Wildman–Crippen MR) is 142 cm³/mol. The van der Waals surface area contributed by atoms with E-state index in [0.717, 1.165) is 51.4 Å². The number of hydrogen-bond donors (Lipinski definition) is 0. The zero-order valence-electron chi connectivity index (χ0n) is 19.1. The van der Waals surface area contributed by atoms with Crippen LogP contribution in [0.5, 0.6) is 0 Å². The Hall–Kier alpha value is -3.11. The zero-order valence-corrected chi connectivity index (χ0v) is 20.7. The lowest BCUT2D eigenvalue weighted by molar-refractivity contribution is 0.111. The van der Waals surface area contributed by atoms with Gasteiger partial charge >= 0.3 is 4.83 Å². The number of rotatable bonds is 5. The molecule has 34 heavy (non-hydrogen) atoms. The second-order valence-corrected chi connectivity index (χ2v) is 9.37. The molecule has 5 aromatic rings. The van der Waals surface area contributed by atoms with Crippen LogP contribution in [0.2, 0.25) is 0 Å². The third-order valence-electron chi connectivity index (χ3n) is 6.46. The molecule has 0 radical (unpaired) electrons. The van der Waals surface area contributed by atoms with Gasteiger partial charge in [0, 0.05) is 16.2 Å². The molecule has 0 N–H and O–H groups in total. The molecule has 1 aromatic heterocycles. The van der Waals surface area contributed by atoms with Gasteiger partial charge in [0.25, 0.3) is 0 Å². The van der Waals surface area contributed by atoms with Crippen molar-refractivity contribution < 1.29 is 8.78 Å². The Morgan fingerprint density at radius 3 is 1.65 bits per heavy atom. The summed E-state index contributed by atoms with van der Waals surface area (Å²) < 4.78 is 30.4. The van der Waals surface area contributed by atoms with Gasteiger partial charge in [0.15, 0.2) is 0 Å². The fourth-order valence-electron chi connectivity index (χ4n) is 5.15. The van der Waals surface area contributed by atoms with E-state index in [4.69, 9.17) is 0 Å². The molecule has 1 heterocycles. The Morgan fingerprint density at radius 1 is 0.676 bits per heavy atom. The third-order valence-corrected chi connectivity index (χ3v) is 6.84. The fraction of sp³-hybridized carbons (Fsp3) is 0.167. The summed E-state index contributed by atoms with van der Waals surface area (Å²) >= 11 is 2.67. The summed E-state index contributed by atoms with van der Waals surface area (Å²) in [5.74, 6) is 0. The van der Waals surface area contributed by atoms with Crippen molar-refractivity contribution >= 4 is 37.6 Å². The van der Waals surface area contributed by atoms with Crippen molar-refractivity contribution in [3.8, 4) is 22.3 Å². The molecule has 0 aliphatic rings. The van der Waals surface area contributed by atoms with Gasteiger partial charge in [-0.1, -0.05) is 92.7 Å². The number of alkyl halides is 3. The van der Waals surface area contributed by atoms with Gasteiger partial charge in [0.05, 0.1) is 5.52 Å². The van der Waals surface area contributed by atoms with E-state index < -0.39 is 4.83 Å². The van der Waals surface area contributed by atoms with Gasteiger partial charge in [-0.05, 0) is 68.2 Å². The smallest absolute Gasteiger partial charge is 0.245 e. The molecule has 0 amide bonds. The number of benzene rings is 4. The average Bonchev–Trinajstić information content (AvgIpc) is 2.87. The number of para-hydroxylation sites is 1. The first-order valence-corrected chi connectivity index (χ1v) is 12.3. The summed E-state index contributed by atoms with van der Waals surface area (Å²) in [6.07, 6.45) is 1.52. The van der Waals surface area contributed by atoms with Crippen LogP contribution in [0, 0.1) is 0 Å². The SMILES string of the molecule is CCc1c(CC)c(-c2ccccc2)c2c(c(C(F)(F)Br)nc3ccccc32)c1-c1ccccc1. The van der Waals surface area contributed by atoms with E-state index in [-0.39, 0.29) is 5.69 Å². The van der Waals surface area contributed by atoms with Crippen LogP contribution >= 0.6 is 15.9 Å². The average molecular weight is 516 g/mol. The summed E-state index contributed by atoms with van der Waals surface area (Å²) in [4.78, 5) is 1.24. The zero-order chi connectivity index (χ0) is 23.9. The molecule has 0 aliphatic carbocycles. The van der Waals surface area contributed by atoms with E-state index in [1.165, 1.54) is 5.56 Å². The summed E-state index contributed by atoms with van der Waals surface area (Å²) in [7, 11) is 0. The molecule has 0 fully saturated rings. The second kappa shape index (κ2) is 8.92. The van der Waals surface area contributed by atoms with Gasteiger partial charge in [0.1, 0.15) is 5.69 Å². The molecule has 170 valence electrons. The Morgan fingerprint density at radius 2 is 1.15 bits per heavy atom. The van der Waals surface area contributed by atoms with Crippen molar-refractivity contribution in [2.75, 3.05) is 0 Å². The predicted octanol–water partition coefficient (Wildman–Crippen LogP) is 9.29. The molecule has 0 saturated carbocycles. The molecule has 4 heteroatoms. The maximum Gasteiger partial charge on any atom is 0.343 e. The summed E-state index contributed by atoms with van der Waals surface area (Å²) in [6.45, 7) is 4.24. The van der Waals surface area contributed by atoms with Gasteiger partial charge in [-0.25, -0.2) is 4.98 Å². The molecule has 0 unspecified atom stereocenters. The molecule has 1 nitrogen and oxygen atoms in total. The number of nitrogens with zero attached hydrogens (tertiary/aromatic N) is 1. The lowest BCUT2D eigenvalue weighted by Gasteiger charge is -2.25. The van der Waals surface area contributed by atoms with E-state index in [0.29, 0.717) is 10.9 Å². The molecule has 4 aromatic carbocycles. The third kappa shape index (κ3) is 3.70. The first-order valence-electron chi connectivity index (χ1n) is 11.5. The van der Waals surface area contributed by atoms with Gasteiger partial charge in [-0.3, -0.25) is 0 Å². The van der Waals surface area contributed by atoms with Gasteiger partial charge < -0.3 is 0 Å². The summed E-state index contributed by atoms with van der Waals surface area (Å²) in [5, 5.41) is 2.23. The molecular weight excluding hydrogens is 492 g/mol. The number of halogens is 3. The molecule has 0 aliphatic heterocycles. The van der Waals surface area contributed by atoms with E-state index in [2.05, 4.69) is 46.9 Å². The van der Waals surface area contributed by atoms with Crippen LogP contribution in [0.4, 0.5) is 8.78 Å². The Balaban J connectivity index is 2.17. The van der Waals surface area contributed by atoms with E-state index in [1.54, 1.807) is 0 Å². The lowest BCUT2D eigenvalue weighted by Crippen LogP contribution is -2.11. The number of hydrogen-bond acceptors (Lipinski definition) is 1. The standard InChI is InChI=1S/C30H24BrF2N/c1-3-21-22(4-2)26(20-15-9-6-10-16-20)28-27(25(21)19-13-7-5-8-14-19)23-17-11-12-18-24(23)34-29(28)30(31,32)33/h5-18H,3-4H2,1-2H3. The van der Waals surface area contributed by atoms with Crippen LogP contribution in [0.15, 0.2) is 84.9 Å². The van der Waals surface area contributed by atoms with Crippen molar-refractivity contribution in [1.82, 2.24) is 4.98 Å². The highest BCUT2D eigenvalue weighted by molar-refractivity contribution is 9.09. The van der Waals surface area contributed by atoms with Crippen molar-refractivity contribution in [2.45, 2.75) is 31.5 Å². The van der Waals surface area contributed by atoms with Crippen LogP contribution in [0.1, 0.15) is 30.7 Å². The van der Waals surface area contributed by atoms with Crippen LogP contribution in [0.25, 0.3) is 43.9 Å². The number of aromatic nitrogens is 1. The van der Waals surface area contributed by atoms with Crippen molar-refractivity contribution in [1.29, 1.82) is 0 Å². The highest BCUT2D eigenvalue weighted by Gasteiger charge is 2.35. The monoisotopic (exact) mass is 515 g/mol. The van der Waals surface area contributed by atoms with Crippen molar-refractivity contribution in [3.05, 3.63) is 102 Å². The largest absolute Gasteiger partial charge is 0.343 e. The number of pyridine rings is 1. The van der Waals surface area contributed by atoms with Crippen molar-refractivity contribution in [3.63, 3.8) is 0 Å². The summed E-state index contributed by atoms with van der Waals surface area (Å²) in [6, 6.07) is 27.6. The molecule has 0 saturated heterocycles. The lowest BCUT2D eigenvalue weighted by atomic mass is 9.80. The minimum absolute atomic E-state index is 0.241. The van der Waals surface area contributed by atoms with Gasteiger partial charge in [-0.15, -0.1) is 0 Å². The quantitative estimate of drug-likeness (QED) is 0.168. The topological polar surface area (TPSA) is 12.9 Å². The Bertz CT molecular complexity index is 1490. The highest BCUT2D eigenvalue weighted by Crippen LogP contribution is 2.49. The van der Waals surface area contributed by atoms with E-state index in [1.807, 2.05) is 72.8 Å². The van der Waals surface area contributed by atoms with Crippen LogP contribution < -0.4 is 0 Å². The van der Waals surface area contributed by atoms with Crippen LogP contribution in [0.3, 0.4) is 0 Å². The summed E-state index contributed by atoms with van der Waals surface area (Å²) in [5.41, 5.74) is 6.43. The maximum absolute atomic E-state index is 15.2. The van der Waals surface area contributed by atoms with E-state index in [9.17, 15) is 0 Å². The molecule has 0 atom stereocenters. The van der Waals surface area contributed by atoms with E-state index >= 15 is 8.78 Å². The second-order valence-electron chi connectivity index (χ2n) is 8.37. The molecular formula is C30H24BrF2N.